The van der Waals surface area contributed by atoms with Crippen molar-refractivity contribution in [1.82, 2.24) is 9.80 Å². The van der Waals surface area contributed by atoms with Gasteiger partial charge in [-0.05, 0) is 51.6 Å². The molecule has 0 aromatic carbocycles. The Hall–Kier alpha value is -0.610. The SMILES string of the molecule is CN(CCC1CCCCN1C)C(=O)C[C@@H]1CCC[C@H]1N. The number of carbonyl (C=O) groups is 1. The van der Waals surface area contributed by atoms with Gasteiger partial charge >= 0.3 is 0 Å². The van der Waals surface area contributed by atoms with Crippen molar-refractivity contribution >= 4 is 5.91 Å². The van der Waals surface area contributed by atoms with Gasteiger partial charge in [-0.25, -0.2) is 0 Å². The maximum Gasteiger partial charge on any atom is 0.222 e. The molecular formula is C16H31N3O. The quantitative estimate of drug-likeness (QED) is 0.836. The van der Waals surface area contributed by atoms with Crippen LogP contribution in [0.1, 0.15) is 51.4 Å². The smallest absolute Gasteiger partial charge is 0.222 e. The molecule has 4 nitrogen and oxygen atoms in total. The molecule has 0 aromatic heterocycles. The number of nitrogens with zero attached hydrogens (tertiary/aromatic N) is 2. The highest BCUT2D eigenvalue weighted by Crippen LogP contribution is 2.27. The minimum atomic E-state index is 0.247. The van der Waals surface area contributed by atoms with Crippen LogP contribution in [0.5, 0.6) is 0 Å². The van der Waals surface area contributed by atoms with Gasteiger partial charge in [0.25, 0.3) is 0 Å². The second-order valence-corrected chi connectivity index (χ2v) is 6.79. The van der Waals surface area contributed by atoms with Crippen LogP contribution in [0.4, 0.5) is 0 Å². The van der Waals surface area contributed by atoms with E-state index in [1.807, 2.05) is 11.9 Å². The van der Waals surface area contributed by atoms with E-state index >= 15 is 0 Å². The molecular weight excluding hydrogens is 250 g/mol. The van der Waals surface area contributed by atoms with E-state index < -0.39 is 0 Å². The molecule has 0 radical (unpaired) electrons. The fourth-order valence-corrected chi connectivity index (χ4v) is 3.68. The van der Waals surface area contributed by atoms with Crippen molar-refractivity contribution in [2.45, 2.75) is 63.5 Å². The monoisotopic (exact) mass is 281 g/mol. The predicted octanol–water partition coefficient (Wildman–Crippen LogP) is 1.84. The third-order valence-corrected chi connectivity index (χ3v) is 5.30. The number of hydrogen-bond donors (Lipinski definition) is 1. The van der Waals surface area contributed by atoms with Gasteiger partial charge in [-0.15, -0.1) is 0 Å². The maximum atomic E-state index is 12.3. The van der Waals surface area contributed by atoms with Crippen LogP contribution in [0.3, 0.4) is 0 Å². The molecule has 1 aliphatic heterocycles. The number of hydrogen-bond acceptors (Lipinski definition) is 3. The zero-order valence-electron chi connectivity index (χ0n) is 13.2. The van der Waals surface area contributed by atoms with Crippen molar-refractivity contribution in [3.63, 3.8) is 0 Å². The summed E-state index contributed by atoms with van der Waals surface area (Å²) < 4.78 is 0. The summed E-state index contributed by atoms with van der Waals surface area (Å²) in [6.45, 7) is 2.09. The first kappa shape index (κ1) is 15.8. The Morgan fingerprint density at radius 1 is 1.25 bits per heavy atom. The zero-order valence-corrected chi connectivity index (χ0v) is 13.2. The molecule has 1 amide bonds. The first-order chi connectivity index (χ1) is 9.58. The Balaban J connectivity index is 1.70. The summed E-state index contributed by atoms with van der Waals surface area (Å²) in [6, 6.07) is 0.907. The highest BCUT2D eigenvalue weighted by Gasteiger charge is 2.27. The van der Waals surface area contributed by atoms with Crippen molar-refractivity contribution in [2.75, 3.05) is 27.2 Å². The number of nitrogens with two attached hydrogens (primary N) is 1. The molecule has 2 rings (SSSR count). The summed E-state index contributed by atoms with van der Waals surface area (Å²) in [5.74, 6) is 0.702. The molecule has 1 aliphatic carbocycles. The summed E-state index contributed by atoms with van der Waals surface area (Å²) in [7, 11) is 4.16. The van der Waals surface area contributed by atoms with Gasteiger partial charge in [0.15, 0.2) is 0 Å². The van der Waals surface area contributed by atoms with E-state index in [-0.39, 0.29) is 11.9 Å². The molecule has 2 N–H and O–H groups in total. The van der Waals surface area contributed by atoms with Gasteiger partial charge in [0.1, 0.15) is 0 Å². The topological polar surface area (TPSA) is 49.6 Å². The Bertz CT molecular complexity index is 321. The lowest BCUT2D eigenvalue weighted by atomic mass is 9.98. The van der Waals surface area contributed by atoms with Gasteiger partial charge in [0, 0.05) is 32.1 Å². The van der Waals surface area contributed by atoms with Crippen LogP contribution < -0.4 is 5.73 Å². The molecule has 0 bridgehead atoms. The number of amides is 1. The molecule has 1 heterocycles. The van der Waals surface area contributed by atoms with Gasteiger partial charge in [-0.3, -0.25) is 4.79 Å². The number of carbonyl (C=O) groups excluding carboxylic acids is 1. The van der Waals surface area contributed by atoms with E-state index in [2.05, 4.69) is 11.9 Å². The van der Waals surface area contributed by atoms with Crippen LogP contribution in [0.15, 0.2) is 0 Å². The third-order valence-electron chi connectivity index (χ3n) is 5.30. The van der Waals surface area contributed by atoms with Crippen molar-refractivity contribution in [2.24, 2.45) is 11.7 Å². The molecule has 1 unspecified atom stereocenters. The normalized spacial score (nSPS) is 31.4. The van der Waals surface area contributed by atoms with E-state index in [1.165, 1.54) is 32.2 Å². The molecule has 2 fully saturated rings. The Morgan fingerprint density at radius 3 is 2.70 bits per heavy atom. The van der Waals surface area contributed by atoms with Gasteiger partial charge in [0.05, 0.1) is 0 Å². The van der Waals surface area contributed by atoms with Crippen LogP contribution in [-0.4, -0.2) is 55.0 Å². The van der Waals surface area contributed by atoms with Crippen LogP contribution in [-0.2, 0) is 4.79 Å². The molecule has 20 heavy (non-hydrogen) atoms. The average Bonchev–Trinajstić information content (AvgIpc) is 2.83. The van der Waals surface area contributed by atoms with Crippen molar-refractivity contribution in [1.29, 1.82) is 0 Å². The maximum absolute atomic E-state index is 12.3. The van der Waals surface area contributed by atoms with Gasteiger partial charge < -0.3 is 15.5 Å². The predicted molar refractivity (Wildman–Crippen MR) is 82.5 cm³/mol. The Morgan fingerprint density at radius 2 is 2.05 bits per heavy atom. The first-order valence-corrected chi connectivity index (χ1v) is 8.27. The molecule has 2 aliphatic rings. The molecule has 116 valence electrons. The Kier molecular flexibility index (Phi) is 5.85. The fourth-order valence-electron chi connectivity index (χ4n) is 3.68. The van der Waals surface area contributed by atoms with E-state index in [1.54, 1.807) is 0 Å². The summed E-state index contributed by atoms with van der Waals surface area (Å²) in [5, 5.41) is 0. The number of likely N-dealkylation sites (tertiary alicyclic amines) is 1. The van der Waals surface area contributed by atoms with Crippen LogP contribution >= 0.6 is 0 Å². The van der Waals surface area contributed by atoms with Gasteiger partial charge in [0.2, 0.25) is 5.91 Å². The fraction of sp³-hybridized carbons (Fsp3) is 0.938. The van der Waals surface area contributed by atoms with E-state index in [0.717, 1.165) is 25.8 Å². The van der Waals surface area contributed by atoms with E-state index in [9.17, 15) is 4.79 Å². The molecule has 0 aromatic rings. The van der Waals surface area contributed by atoms with Crippen molar-refractivity contribution in [3.8, 4) is 0 Å². The highest BCUT2D eigenvalue weighted by molar-refractivity contribution is 5.76. The van der Waals surface area contributed by atoms with Crippen LogP contribution in [0.25, 0.3) is 0 Å². The first-order valence-electron chi connectivity index (χ1n) is 8.27. The second-order valence-electron chi connectivity index (χ2n) is 6.79. The molecule has 1 saturated carbocycles. The minimum Gasteiger partial charge on any atom is -0.346 e. The van der Waals surface area contributed by atoms with Crippen molar-refractivity contribution in [3.05, 3.63) is 0 Å². The molecule has 3 atom stereocenters. The average molecular weight is 281 g/mol. The lowest BCUT2D eigenvalue weighted by Crippen LogP contribution is -2.40. The minimum absolute atomic E-state index is 0.247. The lowest BCUT2D eigenvalue weighted by molar-refractivity contribution is -0.131. The van der Waals surface area contributed by atoms with Crippen molar-refractivity contribution < 1.29 is 4.79 Å². The zero-order chi connectivity index (χ0) is 14.5. The summed E-state index contributed by atoms with van der Waals surface area (Å²) in [6.07, 6.45) is 9.11. The highest BCUT2D eigenvalue weighted by atomic mass is 16.2. The van der Waals surface area contributed by atoms with Crippen LogP contribution in [0, 0.1) is 5.92 Å². The van der Waals surface area contributed by atoms with Crippen LogP contribution in [0.2, 0.25) is 0 Å². The van der Waals surface area contributed by atoms with Gasteiger partial charge in [-0.1, -0.05) is 12.8 Å². The van der Waals surface area contributed by atoms with Gasteiger partial charge in [-0.2, -0.15) is 0 Å². The lowest BCUT2D eigenvalue weighted by Gasteiger charge is -2.33. The second kappa shape index (κ2) is 7.41. The third kappa shape index (κ3) is 4.19. The summed E-state index contributed by atoms with van der Waals surface area (Å²) >= 11 is 0. The van der Waals surface area contributed by atoms with E-state index in [4.69, 9.17) is 5.73 Å². The number of piperidine rings is 1. The molecule has 0 spiro atoms. The van der Waals surface area contributed by atoms with E-state index in [0.29, 0.717) is 18.4 Å². The number of rotatable bonds is 5. The summed E-state index contributed by atoms with van der Waals surface area (Å²) in [5.41, 5.74) is 6.06. The summed E-state index contributed by atoms with van der Waals surface area (Å²) in [4.78, 5) is 16.6. The molecule has 1 saturated heterocycles. The standard InChI is InChI=1S/C16H31N3O/c1-18-10-4-3-7-14(18)9-11-19(2)16(20)12-13-6-5-8-15(13)17/h13-15H,3-12,17H2,1-2H3/t13-,14?,15+/m0/s1. The Labute approximate surface area is 123 Å². The largest absolute Gasteiger partial charge is 0.346 e. The molecule has 4 heteroatoms.